The summed E-state index contributed by atoms with van der Waals surface area (Å²) in [6.45, 7) is 2.69. The van der Waals surface area contributed by atoms with E-state index in [4.69, 9.17) is 14.2 Å². The molecule has 0 bridgehead atoms. The van der Waals surface area contributed by atoms with E-state index in [2.05, 4.69) is 4.98 Å². The van der Waals surface area contributed by atoms with Crippen molar-refractivity contribution in [3.05, 3.63) is 89.3 Å². The van der Waals surface area contributed by atoms with Crippen LogP contribution in [0.1, 0.15) is 36.1 Å². The van der Waals surface area contributed by atoms with Crippen molar-refractivity contribution in [1.82, 2.24) is 4.90 Å². The van der Waals surface area contributed by atoms with Crippen LogP contribution in [-0.4, -0.2) is 37.4 Å². The predicted molar refractivity (Wildman–Crippen MR) is 130 cm³/mol. The Morgan fingerprint density at radius 2 is 1.78 bits per heavy atom. The molecule has 4 rings (SSSR count). The van der Waals surface area contributed by atoms with E-state index >= 15 is 0 Å². The molecule has 8 heteroatoms. The van der Waals surface area contributed by atoms with Gasteiger partial charge in [0.15, 0.2) is 12.4 Å². The molecule has 36 heavy (non-hydrogen) atoms. The number of hydrogen-bond acceptors (Lipinski definition) is 6. The van der Waals surface area contributed by atoms with E-state index in [0.717, 1.165) is 12.0 Å². The Morgan fingerprint density at radius 3 is 2.42 bits per heavy atom. The Hall–Kier alpha value is -4.33. The summed E-state index contributed by atoms with van der Waals surface area (Å²) in [5, 5.41) is 13.7. The van der Waals surface area contributed by atoms with Crippen LogP contribution in [-0.2, 0) is 16.1 Å². The molecule has 0 saturated carbocycles. The van der Waals surface area contributed by atoms with Gasteiger partial charge in [0.25, 0.3) is 5.91 Å². The molecule has 8 nitrogen and oxygen atoms in total. The molecular weight excluding hydrogens is 460 g/mol. The van der Waals surface area contributed by atoms with Crippen LogP contribution in [0.2, 0.25) is 0 Å². The van der Waals surface area contributed by atoms with Gasteiger partial charge in [0.1, 0.15) is 17.2 Å². The van der Waals surface area contributed by atoms with Gasteiger partial charge in [-0.05, 0) is 42.3 Å². The van der Waals surface area contributed by atoms with Gasteiger partial charge in [0, 0.05) is 28.8 Å². The highest BCUT2D eigenvalue weighted by Gasteiger charge is 2.45. The maximum absolute atomic E-state index is 13.7. The smallest absolute Gasteiger partial charge is 0.295 e. The highest BCUT2D eigenvalue weighted by atomic mass is 16.5. The number of benzene rings is 2. The fourth-order valence-electron chi connectivity index (χ4n) is 4.20. The second-order valence-electron chi connectivity index (χ2n) is 8.30. The largest absolute Gasteiger partial charge is 0.872 e. The summed E-state index contributed by atoms with van der Waals surface area (Å²) in [6.07, 6.45) is 4.35. The quantitative estimate of drug-likeness (QED) is 0.261. The van der Waals surface area contributed by atoms with Crippen LogP contribution in [0.4, 0.5) is 0 Å². The first kappa shape index (κ1) is 24.8. The minimum atomic E-state index is -0.936. The summed E-state index contributed by atoms with van der Waals surface area (Å²) in [5.41, 5.74) is 1.47. The summed E-state index contributed by atoms with van der Waals surface area (Å²) < 4.78 is 16.5. The number of methoxy groups -OCH3 is 2. The maximum atomic E-state index is 13.7. The number of rotatable bonds is 9. The van der Waals surface area contributed by atoms with Gasteiger partial charge >= 0.3 is 0 Å². The second kappa shape index (κ2) is 10.9. The van der Waals surface area contributed by atoms with Gasteiger partial charge in [0.2, 0.25) is 5.78 Å². The molecule has 2 aromatic carbocycles. The lowest BCUT2D eigenvalue weighted by Gasteiger charge is -2.28. The predicted octanol–water partition coefficient (Wildman–Crippen LogP) is 2.73. The molecule has 0 aliphatic carbocycles. The molecule has 1 aromatic heterocycles. The maximum Gasteiger partial charge on any atom is 0.295 e. The Kier molecular flexibility index (Phi) is 7.53. The SMILES string of the molecule is CCCOc1ccc(C([O-])=C2C(=O)C(=O)N(Cc3ccc[nH+]c3)C2c2ccc(OC)cc2OC)cc1. The van der Waals surface area contributed by atoms with Crippen LogP contribution in [0.3, 0.4) is 0 Å². The molecule has 0 radical (unpaired) electrons. The summed E-state index contributed by atoms with van der Waals surface area (Å²) in [7, 11) is 3.02. The van der Waals surface area contributed by atoms with Crippen molar-refractivity contribution in [2.75, 3.05) is 20.8 Å². The van der Waals surface area contributed by atoms with Crippen molar-refractivity contribution in [1.29, 1.82) is 0 Å². The lowest BCUT2D eigenvalue weighted by molar-refractivity contribution is -0.378. The van der Waals surface area contributed by atoms with Gasteiger partial charge < -0.3 is 24.2 Å². The molecule has 1 aliphatic heterocycles. The summed E-state index contributed by atoms with van der Waals surface area (Å²) >= 11 is 0. The fraction of sp³-hybridized carbons (Fsp3) is 0.250. The minimum absolute atomic E-state index is 0.120. The molecule has 1 saturated heterocycles. The van der Waals surface area contributed by atoms with Crippen LogP contribution in [0.5, 0.6) is 17.2 Å². The zero-order chi connectivity index (χ0) is 25.7. The standard InChI is InChI=1S/C28H28N2O6/c1-4-14-36-20-9-7-19(8-10-20)26(31)24-25(22-12-11-21(34-2)15-23(22)35-3)30(28(33)27(24)32)17-18-6-5-13-29-16-18/h5-13,15-16,25,31H,4,14,17H2,1-3H3. The normalized spacial score (nSPS) is 16.8. The average Bonchev–Trinajstić information content (AvgIpc) is 3.16. The van der Waals surface area contributed by atoms with Gasteiger partial charge in [-0.25, -0.2) is 4.98 Å². The van der Waals surface area contributed by atoms with Crippen molar-refractivity contribution in [3.63, 3.8) is 0 Å². The van der Waals surface area contributed by atoms with Gasteiger partial charge in [-0.2, -0.15) is 0 Å². The highest BCUT2D eigenvalue weighted by Crippen LogP contribution is 2.43. The molecule has 2 heterocycles. The number of amides is 1. The molecule has 1 unspecified atom stereocenters. The van der Waals surface area contributed by atoms with Gasteiger partial charge in [-0.15, -0.1) is 0 Å². The number of carbonyl (C=O) groups is 2. The van der Waals surface area contributed by atoms with Crippen molar-refractivity contribution in [2.24, 2.45) is 0 Å². The molecule has 3 aromatic rings. The van der Waals surface area contributed by atoms with Crippen molar-refractivity contribution in [2.45, 2.75) is 25.9 Å². The van der Waals surface area contributed by atoms with Gasteiger partial charge in [-0.3, -0.25) is 9.59 Å². The van der Waals surface area contributed by atoms with Crippen LogP contribution < -0.4 is 24.3 Å². The third kappa shape index (κ3) is 4.88. The average molecular weight is 489 g/mol. The van der Waals surface area contributed by atoms with E-state index in [0.29, 0.717) is 35.0 Å². The number of ether oxygens (including phenoxy) is 3. The zero-order valence-electron chi connectivity index (χ0n) is 20.4. The van der Waals surface area contributed by atoms with E-state index in [1.165, 1.54) is 19.1 Å². The Bertz CT molecular complexity index is 1270. The van der Waals surface area contributed by atoms with Gasteiger partial charge in [-0.1, -0.05) is 24.8 Å². The third-order valence-corrected chi connectivity index (χ3v) is 5.98. The number of aromatic nitrogens is 1. The number of nitrogens with zero attached hydrogens (tertiary/aromatic N) is 1. The summed E-state index contributed by atoms with van der Waals surface area (Å²) in [6, 6.07) is 14.4. The van der Waals surface area contributed by atoms with Crippen molar-refractivity contribution >= 4 is 17.4 Å². The number of aromatic amines is 1. The molecule has 1 N–H and O–H groups in total. The molecule has 1 atom stereocenters. The van der Waals surface area contributed by atoms with E-state index in [-0.39, 0.29) is 12.1 Å². The van der Waals surface area contributed by atoms with Crippen molar-refractivity contribution in [3.8, 4) is 17.2 Å². The summed E-state index contributed by atoms with van der Waals surface area (Å²) in [4.78, 5) is 30.9. The third-order valence-electron chi connectivity index (χ3n) is 5.98. The van der Waals surface area contributed by atoms with Crippen LogP contribution >= 0.6 is 0 Å². The monoisotopic (exact) mass is 488 g/mol. The van der Waals surface area contributed by atoms with Crippen LogP contribution in [0.15, 0.2) is 72.6 Å². The second-order valence-corrected chi connectivity index (χ2v) is 8.30. The number of nitrogens with one attached hydrogen (secondary N) is 1. The number of Topliss-reactive ketones (excluding diaryl/α,β-unsaturated/α-hetero) is 1. The zero-order valence-corrected chi connectivity index (χ0v) is 20.4. The minimum Gasteiger partial charge on any atom is -0.872 e. The number of pyridine rings is 1. The number of ketones is 1. The molecule has 0 spiro atoms. The number of carbonyl (C=O) groups excluding carboxylic acids is 2. The van der Waals surface area contributed by atoms with E-state index in [9.17, 15) is 14.7 Å². The van der Waals surface area contributed by atoms with Crippen LogP contribution in [0.25, 0.3) is 5.76 Å². The molecule has 1 amide bonds. The van der Waals surface area contributed by atoms with E-state index < -0.39 is 23.5 Å². The molecule has 1 aliphatic rings. The number of H-pyrrole nitrogens is 1. The topological polar surface area (TPSA) is 102 Å². The first-order valence-corrected chi connectivity index (χ1v) is 11.6. The number of hydrogen-bond donors (Lipinski definition) is 0. The summed E-state index contributed by atoms with van der Waals surface area (Å²) in [5.74, 6) is -0.504. The lowest BCUT2D eigenvalue weighted by atomic mass is 9.94. The molecule has 186 valence electrons. The molecule has 1 fully saturated rings. The Morgan fingerprint density at radius 1 is 1.03 bits per heavy atom. The highest BCUT2D eigenvalue weighted by molar-refractivity contribution is 6.46. The first-order valence-electron chi connectivity index (χ1n) is 11.6. The Labute approximate surface area is 209 Å². The number of likely N-dealkylation sites (tertiary alicyclic amines) is 1. The van der Waals surface area contributed by atoms with E-state index in [1.54, 1.807) is 60.9 Å². The van der Waals surface area contributed by atoms with Crippen LogP contribution in [0, 0.1) is 0 Å². The van der Waals surface area contributed by atoms with Crippen molar-refractivity contribution < 1.29 is 33.9 Å². The fourth-order valence-corrected chi connectivity index (χ4v) is 4.20. The van der Waals surface area contributed by atoms with E-state index in [1.807, 2.05) is 13.0 Å². The lowest BCUT2D eigenvalue weighted by Crippen LogP contribution is -2.29. The van der Waals surface area contributed by atoms with Gasteiger partial charge in [0.05, 0.1) is 33.4 Å². The first-order chi connectivity index (χ1) is 17.5. The molecular formula is C28H28N2O6. The Balaban J connectivity index is 1.84.